The number of thiophene rings is 1. The molecule has 0 amide bonds. The van der Waals surface area contributed by atoms with Gasteiger partial charge in [-0.05, 0) is 17.5 Å². The number of carbonyl (C=O) groups excluding carboxylic acids is 1. The summed E-state index contributed by atoms with van der Waals surface area (Å²) < 4.78 is 27.8. The number of fused-ring (bicyclic) bond motifs is 1. The Morgan fingerprint density at radius 1 is 1.41 bits per heavy atom. The minimum Gasteiger partial charge on any atom is -0.465 e. The van der Waals surface area contributed by atoms with Gasteiger partial charge >= 0.3 is 5.97 Å². The van der Waals surface area contributed by atoms with Crippen molar-refractivity contribution in [2.24, 2.45) is 0 Å². The number of hydrogen-bond acceptors (Lipinski definition) is 5. The molecule has 0 unspecified atom stereocenters. The maximum absolute atomic E-state index is 11.6. The van der Waals surface area contributed by atoms with Gasteiger partial charge in [0.05, 0.1) is 18.6 Å². The summed E-state index contributed by atoms with van der Waals surface area (Å²) in [4.78, 5) is 13.0. The lowest BCUT2D eigenvalue weighted by atomic mass is 10.1. The number of methoxy groups -OCH3 is 1. The van der Waals surface area contributed by atoms with E-state index in [-0.39, 0.29) is 17.5 Å². The highest BCUT2D eigenvalue weighted by Gasteiger charge is 2.32. The monoisotopic (exact) mass is 274 g/mol. The molecule has 0 fully saturated rings. The zero-order valence-corrected chi connectivity index (χ0v) is 11.4. The highest BCUT2D eigenvalue weighted by Crippen LogP contribution is 2.38. The summed E-state index contributed by atoms with van der Waals surface area (Å²) in [7, 11) is -1.65. The first kappa shape index (κ1) is 12.6. The Labute approximate surface area is 105 Å². The fraction of sp³-hybridized carbons (Fsp3) is 0.545. The van der Waals surface area contributed by atoms with E-state index >= 15 is 0 Å². The van der Waals surface area contributed by atoms with Gasteiger partial charge in [0.2, 0.25) is 0 Å². The fourth-order valence-corrected chi connectivity index (χ4v) is 5.49. The van der Waals surface area contributed by atoms with Gasteiger partial charge in [-0.25, -0.2) is 13.2 Å². The van der Waals surface area contributed by atoms with Crippen molar-refractivity contribution in [3.8, 4) is 0 Å². The molecule has 6 heteroatoms. The third-order valence-corrected chi connectivity index (χ3v) is 5.68. The molecule has 0 saturated carbocycles. The fourth-order valence-electron chi connectivity index (χ4n) is 2.08. The Morgan fingerprint density at radius 3 is 2.71 bits per heavy atom. The van der Waals surface area contributed by atoms with Crippen molar-refractivity contribution in [1.29, 1.82) is 0 Å². The molecule has 1 aromatic heterocycles. The average Bonchev–Trinajstić information content (AvgIpc) is 2.72. The normalized spacial score (nSPS) is 16.8. The summed E-state index contributed by atoms with van der Waals surface area (Å²) in [6.45, 7) is 2.01. The summed E-state index contributed by atoms with van der Waals surface area (Å²) in [5.74, 6) is -0.212. The van der Waals surface area contributed by atoms with E-state index < -0.39 is 9.84 Å². The molecule has 94 valence electrons. The van der Waals surface area contributed by atoms with Crippen LogP contribution in [0.4, 0.5) is 0 Å². The molecular weight excluding hydrogens is 260 g/mol. The van der Waals surface area contributed by atoms with E-state index in [1.807, 2.05) is 6.92 Å². The number of esters is 1. The van der Waals surface area contributed by atoms with Crippen molar-refractivity contribution in [2.45, 2.75) is 31.3 Å². The van der Waals surface area contributed by atoms with E-state index in [1.165, 1.54) is 18.4 Å². The van der Waals surface area contributed by atoms with Crippen molar-refractivity contribution in [3.05, 3.63) is 20.9 Å². The highest BCUT2D eigenvalue weighted by atomic mass is 32.2. The van der Waals surface area contributed by atoms with Gasteiger partial charge in [0.15, 0.2) is 9.84 Å². The Bertz CT molecular complexity index is 554. The molecule has 0 atom stereocenters. The zero-order valence-electron chi connectivity index (χ0n) is 9.78. The van der Waals surface area contributed by atoms with E-state index in [0.29, 0.717) is 4.88 Å². The Kier molecular flexibility index (Phi) is 3.27. The molecule has 1 aliphatic rings. The molecule has 1 aliphatic heterocycles. The summed E-state index contributed by atoms with van der Waals surface area (Å²) in [5, 5.41) is 0. The minimum atomic E-state index is -2.99. The molecule has 4 nitrogen and oxygen atoms in total. The van der Waals surface area contributed by atoms with Crippen LogP contribution in [0, 0.1) is 0 Å². The lowest BCUT2D eigenvalue weighted by molar-refractivity contribution is 0.0605. The van der Waals surface area contributed by atoms with E-state index in [4.69, 9.17) is 4.74 Å². The molecule has 2 heterocycles. The van der Waals surface area contributed by atoms with Gasteiger partial charge in [0, 0.05) is 4.88 Å². The molecule has 0 saturated heterocycles. The summed E-state index contributed by atoms with van der Waals surface area (Å²) >= 11 is 1.27. The van der Waals surface area contributed by atoms with Gasteiger partial charge < -0.3 is 4.74 Å². The second-order valence-electron chi connectivity index (χ2n) is 4.09. The van der Waals surface area contributed by atoms with Crippen LogP contribution in [0.3, 0.4) is 0 Å². The molecule has 0 bridgehead atoms. The molecular formula is C11H14O4S2. The van der Waals surface area contributed by atoms with Crippen LogP contribution in [0.2, 0.25) is 0 Å². The van der Waals surface area contributed by atoms with Gasteiger partial charge in [0.25, 0.3) is 0 Å². The number of ether oxygens (including phenoxy) is 1. The van der Waals surface area contributed by atoms with E-state index in [2.05, 4.69) is 0 Å². The number of hydrogen-bond donors (Lipinski definition) is 0. The summed E-state index contributed by atoms with van der Waals surface area (Å²) in [6, 6.07) is 0. The quantitative estimate of drug-likeness (QED) is 0.790. The predicted molar refractivity (Wildman–Crippen MR) is 66.0 cm³/mol. The van der Waals surface area contributed by atoms with Crippen molar-refractivity contribution < 1.29 is 17.9 Å². The topological polar surface area (TPSA) is 60.4 Å². The number of rotatable bonds is 3. The second-order valence-corrected chi connectivity index (χ2v) is 7.25. The third-order valence-electron chi connectivity index (χ3n) is 2.79. The van der Waals surface area contributed by atoms with Gasteiger partial charge in [-0.1, -0.05) is 13.3 Å². The highest BCUT2D eigenvalue weighted by molar-refractivity contribution is 7.90. The molecule has 0 radical (unpaired) electrons. The van der Waals surface area contributed by atoms with Crippen LogP contribution in [0.1, 0.15) is 39.0 Å². The largest absolute Gasteiger partial charge is 0.465 e. The first-order chi connectivity index (χ1) is 7.98. The molecule has 0 aromatic carbocycles. The zero-order chi connectivity index (χ0) is 12.6. The molecule has 0 spiro atoms. The minimum absolute atomic E-state index is 0.0701. The van der Waals surface area contributed by atoms with Gasteiger partial charge in [-0.3, -0.25) is 0 Å². The second kappa shape index (κ2) is 4.42. The van der Waals surface area contributed by atoms with Gasteiger partial charge in [-0.2, -0.15) is 0 Å². The van der Waals surface area contributed by atoms with Gasteiger partial charge in [0.1, 0.15) is 4.88 Å². The summed E-state index contributed by atoms with van der Waals surface area (Å²) in [6.07, 6.45) is 1.61. The first-order valence-corrected chi connectivity index (χ1v) is 8.04. The predicted octanol–water partition coefficient (Wildman–Crippen LogP) is 1.92. The Hall–Kier alpha value is -0.880. The van der Waals surface area contributed by atoms with Crippen LogP contribution in [0.15, 0.2) is 0 Å². The average molecular weight is 274 g/mol. The molecule has 2 rings (SSSR count). The lowest BCUT2D eigenvalue weighted by Crippen LogP contribution is -2.05. The Balaban J connectivity index is 2.49. The van der Waals surface area contributed by atoms with Crippen molar-refractivity contribution in [2.75, 3.05) is 7.11 Å². The first-order valence-electron chi connectivity index (χ1n) is 5.40. The van der Waals surface area contributed by atoms with Crippen LogP contribution in [-0.2, 0) is 32.5 Å². The molecule has 1 aromatic rings. The van der Waals surface area contributed by atoms with Crippen LogP contribution in [0.25, 0.3) is 0 Å². The maximum Gasteiger partial charge on any atom is 0.348 e. The smallest absolute Gasteiger partial charge is 0.348 e. The molecule has 17 heavy (non-hydrogen) atoms. The van der Waals surface area contributed by atoms with Crippen LogP contribution in [0.5, 0.6) is 0 Å². The standard InChI is InChI=1S/C11H14O4S2/c1-3-4-7-8-5-17(13,14)6-9(8)16-10(7)11(12)15-2/h3-6H2,1-2H3. The molecule has 0 N–H and O–H groups in total. The maximum atomic E-state index is 11.6. The lowest BCUT2D eigenvalue weighted by Gasteiger charge is -2.03. The summed E-state index contributed by atoms with van der Waals surface area (Å²) in [5.41, 5.74) is 1.72. The van der Waals surface area contributed by atoms with Crippen molar-refractivity contribution >= 4 is 27.1 Å². The van der Waals surface area contributed by atoms with Crippen LogP contribution >= 0.6 is 11.3 Å². The van der Waals surface area contributed by atoms with Crippen LogP contribution < -0.4 is 0 Å². The third kappa shape index (κ3) is 2.24. The Morgan fingerprint density at radius 2 is 2.12 bits per heavy atom. The number of carbonyl (C=O) groups is 1. The van der Waals surface area contributed by atoms with Crippen molar-refractivity contribution in [1.82, 2.24) is 0 Å². The van der Waals surface area contributed by atoms with E-state index in [1.54, 1.807) is 0 Å². The van der Waals surface area contributed by atoms with E-state index in [0.717, 1.165) is 28.8 Å². The number of sulfone groups is 1. The van der Waals surface area contributed by atoms with E-state index in [9.17, 15) is 13.2 Å². The SMILES string of the molecule is CCCc1c(C(=O)OC)sc2c1CS(=O)(=O)C2. The molecule has 0 aliphatic carbocycles. The van der Waals surface area contributed by atoms with Crippen molar-refractivity contribution in [3.63, 3.8) is 0 Å². The van der Waals surface area contributed by atoms with Gasteiger partial charge in [-0.15, -0.1) is 11.3 Å². The van der Waals surface area contributed by atoms with Crippen LogP contribution in [-0.4, -0.2) is 21.5 Å².